The van der Waals surface area contributed by atoms with Gasteiger partial charge in [0, 0.05) is 39.4 Å². The maximum absolute atomic E-state index is 11.8. The summed E-state index contributed by atoms with van der Waals surface area (Å²) in [5.41, 5.74) is 15.1. The van der Waals surface area contributed by atoms with Gasteiger partial charge in [-0.15, -0.1) is 0 Å². The number of methoxy groups -OCH3 is 1. The number of nitrogens with two attached hydrogens (primary N) is 1. The first-order valence-electron chi connectivity index (χ1n) is 12.1. The molecule has 5 heteroatoms. The zero-order chi connectivity index (χ0) is 24.6. The van der Waals surface area contributed by atoms with E-state index in [0.717, 1.165) is 62.7 Å². The summed E-state index contributed by atoms with van der Waals surface area (Å²) in [6.45, 7) is 0.560. The Hall–Kier alpha value is -4.35. The minimum absolute atomic E-state index is 0.331. The monoisotopic (exact) mass is 474 g/mol. The summed E-state index contributed by atoms with van der Waals surface area (Å²) >= 11 is 0. The van der Waals surface area contributed by atoms with E-state index < -0.39 is 0 Å². The molecule has 0 saturated heterocycles. The quantitative estimate of drug-likeness (QED) is 0.266. The Morgan fingerprint density at radius 3 is 2.53 bits per heavy atom. The second-order valence-corrected chi connectivity index (χ2v) is 9.03. The summed E-state index contributed by atoms with van der Waals surface area (Å²) in [6.07, 6.45) is 1.49. The number of aromatic amines is 1. The molecule has 2 aromatic heterocycles. The maximum Gasteiger partial charge on any atom is 0.337 e. The van der Waals surface area contributed by atoms with Gasteiger partial charge in [-0.05, 0) is 60.0 Å². The fourth-order valence-corrected chi connectivity index (χ4v) is 5.11. The molecular weight excluding hydrogens is 448 g/mol. The average molecular weight is 475 g/mol. The number of para-hydroxylation sites is 2. The van der Waals surface area contributed by atoms with Crippen LogP contribution < -0.4 is 5.73 Å². The zero-order valence-corrected chi connectivity index (χ0v) is 20.0. The summed E-state index contributed by atoms with van der Waals surface area (Å²) < 4.78 is 11.1. The van der Waals surface area contributed by atoms with Crippen LogP contribution in [0.2, 0.25) is 0 Å². The maximum atomic E-state index is 11.8. The molecule has 6 aromatic rings. The van der Waals surface area contributed by atoms with Gasteiger partial charge in [0.05, 0.1) is 12.7 Å². The van der Waals surface area contributed by atoms with E-state index >= 15 is 0 Å². The number of hydrogen-bond acceptors (Lipinski definition) is 4. The topological polar surface area (TPSA) is 81.2 Å². The van der Waals surface area contributed by atoms with Crippen molar-refractivity contribution in [3.63, 3.8) is 0 Å². The van der Waals surface area contributed by atoms with Crippen molar-refractivity contribution < 1.29 is 13.9 Å². The van der Waals surface area contributed by atoms with E-state index in [1.807, 2.05) is 30.3 Å². The molecule has 5 nitrogen and oxygen atoms in total. The Bertz CT molecular complexity index is 1720. The number of aromatic nitrogens is 1. The van der Waals surface area contributed by atoms with Gasteiger partial charge in [-0.25, -0.2) is 4.79 Å². The van der Waals surface area contributed by atoms with Crippen molar-refractivity contribution in [2.75, 3.05) is 13.7 Å². The molecule has 0 aliphatic carbocycles. The summed E-state index contributed by atoms with van der Waals surface area (Å²) in [5.74, 6) is -0.331. The van der Waals surface area contributed by atoms with Gasteiger partial charge in [0.2, 0.25) is 0 Å². The van der Waals surface area contributed by atoms with Crippen LogP contribution in [0.5, 0.6) is 0 Å². The van der Waals surface area contributed by atoms with Crippen LogP contribution in [0.15, 0.2) is 89.3 Å². The van der Waals surface area contributed by atoms with Gasteiger partial charge in [-0.1, -0.05) is 54.6 Å². The van der Waals surface area contributed by atoms with Gasteiger partial charge < -0.3 is 19.9 Å². The number of nitrogens with one attached hydrogen (secondary N) is 1. The van der Waals surface area contributed by atoms with Gasteiger partial charge in [-0.3, -0.25) is 0 Å². The van der Waals surface area contributed by atoms with Crippen molar-refractivity contribution in [2.24, 2.45) is 5.73 Å². The van der Waals surface area contributed by atoms with E-state index in [-0.39, 0.29) is 5.97 Å². The standard InChI is InChI=1S/C31H26N2O3/c1-35-31(34)20-11-9-19(10-12-20)17-28-23(15-16-32)26-18-21(13-14-27(26)33-28)22-6-4-7-25-24-5-2-3-8-29(24)36-30(22)25/h2-14,18,33H,15-17,32H2,1H3. The third-order valence-corrected chi connectivity index (χ3v) is 6.86. The lowest BCUT2D eigenvalue weighted by Crippen LogP contribution is -2.05. The van der Waals surface area contributed by atoms with Crippen molar-refractivity contribution >= 4 is 38.8 Å². The number of ether oxygens (including phenoxy) is 1. The number of furan rings is 1. The van der Waals surface area contributed by atoms with Crippen LogP contribution in [0.4, 0.5) is 0 Å². The van der Waals surface area contributed by atoms with Crippen molar-refractivity contribution in [3.8, 4) is 11.1 Å². The van der Waals surface area contributed by atoms with Crippen LogP contribution in [0.1, 0.15) is 27.2 Å². The highest BCUT2D eigenvalue weighted by Gasteiger charge is 2.16. The van der Waals surface area contributed by atoms with Crippen molar-refractivity contribution in [1.29, 1.82) is 0 Å². The minimum atomic E-state index is -0.331. The smallest absolute Gasteiger partial charge is 0.337 e. The molecule has 2 heterocycles. The van der Waals surface area contributed by atoms with Crippen molar-refractivity contribution in [1.82, 2.24) is 4.98 Å². The Kier molecular flexibility index (Phi) is 5.55. The van der Waals surface area contributed by atoms with Crippen molar-refractivity contribution in [3.05, 3.63) is 107 Å². The van der Waals surface area contributed by atoms with E-state index in [9.17, 15) is 4.79 Å². The number of H-pyrrole nitrogens is 1. The van der Waals surface area contributed by atoms with Gasteiger partial charge in [0.15, 0.2) is 0 Å². The molecule has 0 aliphatic rings. The Labute approximate surface area is 208 Å². The number of carbonyl (C=O) groups is 1. The molecule has 0 atom stereocenters. The Morgan fingerprint density at radius 2 is 1.72 bits per heavy atom. The first-order chi connectivity index (χ1) is 17.7. The largest absolute Gasteiger partial charge is 0.465 e. The molecular formula is C31H26N2O3. The zero-order valence-electron chi connectivity index (χ0n) is 20.0. The number of fused-ring (bicyclic) bond motifs is 4. The Morgan fingerprint density at radius 1 is 0.917 bits per heavy atom. The number of carbonyl (C=O) groups excluding carboxylic acids is 1. The van der Waals surface area contributed by atoms with Crippen LogP contribution in [0.3, 0.4) is 0 Å². The molecule has 36 heavy (non-hydrogen) atoms. The molecule has 0 saturated carbocycles. The molecule has 0 unspecified atom stereocenters. The summed E-state index contributed by atoms with van der Waals surface area (Å²) in [5, 5.41) is 3.42. The fraction of sp³-hybridized carbons (Fsp3) is 0.129. The molecule has 3 N–H and O–H groups in total. The van der Waals surface area contributed by atoms with Gasteiger partial charge >= 0.3 is 5.97 Å². The first-order valence-corrected chi connectivity index (χ1v) is 12.1. The third kappa shape index (κ3) is 3.74. The van der Waals surface area contributed by atoms with Crippen LogP contribution in [0.25, 0.3) is 44.0 Å². The van der Waals surface area contributed by atoms with Gasteiger partial charge in [0.25, 0.3) is 0 Å². The number of hydrogen-bond donors (Lipinski definition) is 2. The lowest BCUT2D eigenvalue weighted by Gasteiger charge is -2.06. The van der Waals surface area contributed by atoms with E-state index in [4.69, 9.17) is 14.9 Å². The fourth-order valence-electron chi connectivity index (χ4n) is 5.11. The second-order valence-electron chi connectivity index (χ2n) is 9.03. The molecule has 4 aromatic carbocycles. The van der Waals surface area contributed by atoms with Crippen LogP contribution in [-0.4, -0.2) is 24.6 Å². The second kappa shape index (κ2) is 9.02. The average Bonchev–Trinajstić information content (AvgIpc) is 3.46. The highest BCUT2D eigenvalue weighted by molar-refractivity contribution is 6.10. The normalized spacial score (nSPS) is 11.5. The predicted octanol–water partition coefficient (Wildman–Crippen LogP) is 6.61. The molecule has 0 fully saturated rings. The molecule has 0 amide bonds. The summed E-state index contributed by atoms with van der Waals surface area (Å²) in [7, 11) is 1.39. The molecule has 0 aliphatic heterocycles. The van der Waals surface area contributed by atoms with E-state index in [2.05, 4.69) is 47.4 Å². The number of benzene rings is 4. The molecule has 0 bridgehead atoms. The molecule has 0 spiro atoms. The lowest BCUT2D eigenvalue weighted by atomic mass is 9.98. The van der Waals surface area contributed by atoms with Crippen molar-refractivity contribution in [2.45, 2.75) is 12.8 Å². The minimum Gasteiger partial charge on any atom is -0.465 e. The number of esters is 1. The van der Waals surface area contributed by atoms with E-state index in [1.54, 1.807) is 12.1 Å². The molecule has 178 valence electrons. The van der Waals surface area contributed by atoms with E-state index in [0.29, 0.717) is 12.1 Å². The lowest BCUT2D eigenvalue weighted by molar-refractivity contribution is 0.0600. The van der Waals surface area contributed by atoms with Gasteiger partial charge in [-0.2, -0.15) is 0 Å². The summed E-state index contributed by atoms with van der Waals surface area (Å²) in [6, 6.07) is 28.5. The first kappa shape index (κ1) is 22.1. The number of rotatable bonds is 6. The predicted molar refractivity (Wildman–Crippen MR) is 144 cm³/mol. The Balaban J connectivity index is 1.43. The van der Waals surface area contributed by atoms with Crippen LogP contribution in [-0.2, 0) is 17.6 Å². The van der Waals surface area contributed by atoms with Crippen LogP contribution >= 0.6 is 0 Å². The highest BCUT2D eigenvalue weighted by atomic mass is 16.5. The molecule has 0 radical (unpaired) electrons. The van der Waals surface area contributed by atoms with Gasteiger partial charge in [0.1, 0.15) is 11.2 Å². The molecule has 6 rings (SSSR count). The van der Waals surface area contributed by atoms with E-state index in [1.165, 1.54) is 18.1 Å². The summed E-state index contributed by atoms with van der Waals surface area (Å²) in [4.78, 5) is 15.4. The third-order valence-electron chi connectivity index (χ3n) is 6.86. The SMILES string of the molecule is COC(=O)c1ccc(Cc2[nH]c3ccc(-c4cccc5c4oc4ccccc45)cc3c2CCN)cc1. The van der Waals surface area contributed by atoms with Crippen LogP contribution in [0, 0.1) is 0 Å². The highest BCUT2D eigenvalue weighted by Crippen LogP contribution is 2.37.